The molecule has 0 spiro atoms. The van der Waals surface area contributed by atoms with Crippen molar-refractivity contribution in [2.45, 2.75) is 283 Å². The van der Waals surface area contributed by atoms with E-state index in [1.165, 1.54) is 154 Å². The van der Waals surface area contributed by atoms with Crippen LogP contribution in [0.2, 0.25) is 0 Å². The highest BCUT2D eigenvalue weighted by atomic mass is 31.2. The first-order chi connectivity index (χ1) is 35.0. The van der Waals surface area contributed by atoms with E-state index in [0.717, 1.165) is 89.9 Å². The molecule has 72 heavy (non-hydrogen) atoms. The molecule has 0 saturated carbocycles. The molecule has 8 nitrogen and oxygen atoms in total. The van der Waals surface area contributed by atoms with E-state index in [1.807, 2.05) is 21.1 Å². The van der Waals surface area contributed by atoms with Gasteiger partial charge in [0.2, 0.25) is 5.91 Å². The fourth-order valence-electron chi connectivity index (χ4n) is 8.75. The zero-order valence-electron chi connectivity index (χ0n) is 47.9. The Balaban J connectivity index is 4.19. The van der Waals surface area contributed by atoms with E-state index in [0.29, 0.717) is 23.9 Å². The number of carbonyl (C=O) groups excluding carboxylic acids is 1. The van der Waals surface area contributed by atoms with E-state index >= 15 is 0 Å². The fraction of sp³-hybridized carbons (Fsp3) is 0.794. The van der Waals surface area contributed by atoms with Crippen LogP contribution in [0.1, 0.15) is 271 Å². The number of carbonyl (C=O) groups is 1. The Hall–Kier alpha value is -2.06. The predicted octanol–water partition coefficient (Wildman–Crippen LogP) is 18.0. The Bertz CT molecular complexity index is 1400. The minimum Gasteiger partial charge on any atom is -0.756 e. The van der Waals surface area contributed by atoms with E-state index in [-0.39, 0.29) is 19.1 Å². The third kappa shape index (κ3) is 55.7. The van der Waals surface area contributed by atoms with Crippen LogP contribution in [-0.4, -0.2) is 68.5 Å². The quantitative estimate of drug-likeness (QED) is 0.0272. The molecule has 0 saturated heterocycles. The maximum absolute atomic E-state index is 13.0. The number of amides is 1. The van der Waals surface area contributed by atoms with E-state index in [4.69, 9.17) is 9.05 Å². The highest BCUT2D eigenvalue weighted by Gasteiger charge is 2.24. The van der Waals surface area contributed by atoms with Crippen LogP contribution < -0.4 is 10.2 Å². The first kappa shape index (κ1) is 69.9. The molecule has 0 bridgehead atoms. The second-order valence-electron chi connectivity index (χ2n) is 21.7. The smallest absolute Gasteiger partial charge is 0.268 e. The average Bonchev–Trinajstić information content (AvgIpc) is 3.34. The largest absolute Gasteiger partial charge is 0.756 e. The number of likely N-dealkylation sites (N-methyl/N-ethyl adjacent to an activating group) is 1. The highest BCUT2D eigenvalue weighted by Crippen LogP contribution is 2.38. The van der Waals surface area contributed by atoms with Crippen LogP contribution in [0, 0.1) is 0 Å². The Kier molecular flexibility index (Phi) is 52.2. The molecule has 0 radical (unpaired) electrons. The number of unbranched alkanes of at least 4 members (excludes halogenated alkanes) is 30. The van der Waals surface area contributed by atoms with Crippen molar-refractivity contribution in [3.63, 3.8) is 0 Å². The number of phosphoric acid groups is 1. The second-order valence-corrected chi connectivity index (χ2v) is 23.1. The van der Waals surface area contributed by atoms with Crippen LogP contribution in [-0.2, 0) is 18.4 Å². The lowest BCUT2D eigenvalue weighted by molar-refractivity contribution is -0.870. The predicted molar refractivity (Wildman–Crippen MR) is 311 cm³/mol. The minimum absolute atomic E-state index is 0.00353. The molecule has 0 aliphatic carbocycles. The van der Waals surface area contributed by atoms with Gasteiger partial charge in [-0.1, -0.05) is 273 Å². The summed E-state index contributed by atoms with van der Waals surface area (Å²) >= 11 is 0. The lowest BCUT2D eigenvalue weighted by Gasteiger charge is -2.30. The van der Waals surface area contributed by atoms with E-state index < -0.39 is 20.0 Å². The molecule has 3 unspecified atom stereocenters. The third-order valence-corrected chi connectivity index (χ3v) is 14.4. The number of hydrogen-bond donors (Lipinski definition) is 2. The first-order valence-corrected chi connectivity index (χ1v) is 31.7. The normalized spacial score (nSPS) is 14.4. The summed E-state index contributed by atoms with van der Waals surface area (Å²) in [6.45, 7) is 4.61. The number of nitrogens with one attached hydrogen (secondary N) is 1. The molecule has 0 fully saturated rings. The molecule has 0 heterocycles. The van der Waals surface area contributed by atoms with Gasteiger partial charge < -0.3 is 28.8 Å². The van der Waals surface area contributed by atoms with Crippen LogP contribution in [0.15, 0.2) is 72.9 Å². The second kappa shape index (κ2) is 53.8. The van der Waals surface area contributed by atoms with Gasteiger partial charge in [0.15, 0.2) is 0 Å². The Morgan fingerprint density at radius 1 is 0.500 bits per heavy atom. The van der Waals surface area contributed by atoms with Crippen molar-refractivity contribution in [3.8, 4) is 0 Å². The molecule has 1 amide bonds. The van der Waals surface area contributed by atoms with E-state index in [9.17, 15) is 19.4 Å². The Morgan fingerprint density at radius 3 is 1.24 bits per heavy atom. The van der Waals surface area contributed by atoms with Gasteiger partial charge in [-0.2, -0.15) is 0 Å². The van der Waals surface area contributed by atoms with Crippen molar-refractivity contribution in [2.24, 2.45) is 0 Å². The van der Waals surface area contributed by atoms with E-state index in [1.54, 1.807) is 0 Å². The Labute approximate surface area is 446 Å². The van der Waals surface area contributed by atoms with Gasteiger partial charge in [0.1, 0.15) is 13.2 Å². The topological polar surface area (TPSA) is 108 Å². The monoisotopic (exact) mass is 1030 g/mol. The molecule has 0 rings (SSSR count). The maximum atomic E-state index is 13.0. The van der Waals surface area contributed by atoms with Gasteiger partial charge in [0, 0.05) is 6.42 Å². The van der Waals surface area contributed by atoms with Gasteiger partial charge >= 0.3 is 0 Å². The molecule has 0 aliphatic rings. The molecule has 9 heteroatoms. The number of phosphoric ester groups is 1. The fourth-order valence-corrected chi connectivity index (χ4v) is 9.47. The standard InChI is InChI=1S/C63H117N2O6P/c1-6-8-10-12-14-16-18-20-22-24-26-28-30-31-32-33-35-36-38-40-42-44-46-48-50-52-54-56-62(66)61(60-71-72(68,69)70-59-58-65(3,4)5)64-63(67)57-55-53-51-49-47-45-43-41-39-37-34-29-27-25-23-21-19-17-15-13-11-9-7-2/h9,11,15,17,21,23,27,29,37,39,43,45,61-62,66H,6-8,10,12-14,16,18-20,22,24-26,28,30-36,38,40-42,44,46-60H2,1-5H3,(H-,64,67,68,69)/b11-9-,17-15-,23-21-,29-27-,39-37-,45-43-. The number of quaternary nitrogens is 1. The van der Waals surface area contributed by atoms with Gasteiger partial charge in [-0.25, -0.2) is 0 Å². The van der Waals surface area contributed by atoms with Gasteiger partial charge in [0.25, 0.3) is 7.82 Å². The molecular formula is C63H117N2O6P. The lowest BCUT2D eigenvalue weighted by Crippen LogP contribution is -2.46. The third-order valence-electron chi connectivity index (χ3n) is 13.5. The van der Waals surface area contributed by atoms with Crippen LogP contribution >= 0.6 is 7.82 Å². The summed E-state index contributed by atoms with van der Waals surface area (Å²) in [6, 6.07) is -0.820. The maximum Gasteiger partial charge on any atom is 0.268 e. The van der Waals surface area contributed by atoms with Crippen LogP contribution in [0.3, 0.4) is 0 Å². The van der Waals surface area contributed by atoms with Crippen molar-refractivity contribution in [1.29, 1.82) is 0 Å². The molecule has 0 aliphatic heterocycles. The van der Waals surface area contributed by atoms with Crippen molar-refractivity contribution in [1.82, 2.24) is 5.32 Å². The zero-order valence-corrected chi connectivity index (χ0v) is 48.8. The molecule has 420 valence electrons. The number of rotatable bonds is 55. The van der Waals surface area contributed by atoms with E-state index in [2.05, 4.69) is 92.1 Å². The van der Waals surface area contributed by atoms with Gasteiger partial charge in [-0.05, 0) is 64.2 Å². The summed E-state index contributed by atoms with van der Waals surface area (Å²) in [7, 11) is 1.28. The number of allylic oxidation sites excluding steroid dienone is 12. The van der Waals surface area contributed by atoms with Crippen molar-refractivity contribution < 1.29 is 32.9 Å². The van der Waals surface area contributed by atoms with Crippen LogP contribution in [0.25, 0.3) is 0 Å². The molecule has 2 N–H and O–H groups in total. The van der Waals surface area contributed by atoms with Gasteiger partial charge in [0.05, 0.1) is 39.9 Å². The summed E-state index contributed by atoms with van der Waals surface area (Å²) < 4.78 is 23.4. The minimum atomic E-state index is -4.59. The average molecular weight is 1030 g/mol. The summed E-state index contributed by atoms with van der Waals surface area (Å²) in [5.41, 5.74) is 0. The number of hydrogen-bond acceptors (Lipinski definition) is 6. The summed E-state index contributed by atoms with van der Waals surface area (Å²) in [6.07, 6.45) is 73.7. The molecule has 0 aromatic rings. The molecule has 0 aromatic heterocycles. The number of aliphatic hydroxyl groups is 1. The summed E-state index contributed by atoms with van der Waals surface area (Å²) in [5, 5.41) is 14.0. The van der Waals surface area contributed by atoms with Gasteiger partial charge in [-0.3, -0.25) is 9.36 Å². The zero-order chi connectivity index (χ0) is 52.7. The van der Waals surface area contributed by atoms with Crippen LogP contribution in [0.5, 0.6) is 0 Å². The van der Waals surface area contributed by atoms with Crippen molar-refractivity contribution in [2.75, 3.05) is 40.9 Å². The molecule has 0 aromatic carbocycles. The SMILES string of the molecule is CC/C=C\C/C=C\C/C=C\C/C=C\C/C=C\C/C=C\CCCCCCC(=O)NC(COP(=O)([O-])OCC[N+](C)(C)C)C(O)CCCCCCCCCCCCCCCCCCCCCCCCCCCCC. The number of nitrogens with zero attached hydrogens (tertiary/aromatic N) is 1. The molecular weight excluding hydrogens is 912 g/mol. The Morgan fingerprint density at radius 2 is 0.847 bits per heavy atom. The summed E-state index contributed by atoms with van der Waals surface area (Å²) in [5.74, 6) is -0.188. The lowest BCUT2D eigenvalue weighted by atomic mass is 10.0. The van der Waals surface area contributed by atoms with Crippen molar-refractivity contribution in [3.05, 3.63) is 72.9 Å². The highest BCUT2D eigenvalue weighted by molar-refractivity contribution is 7.45. The summed E-state index contributed by atoms with van der Waals surface area (Å²) in [4.78, 5) is 25.6. The van der Waals surface area contributed by atoms with Gasteiger partial charge in [-0.15, -0.1) is 0 Å². The molecule has 3 atom stereocenters. The number of aliphatic hydroxyl groups excluding tert-OH is 1. The first-order valence-electron chi connectivity index (χ1n) is 30.3. The van der Waals surface area contributed by atoms with Crippen LogP contribution in [0.4, 0.5) is 0 Å². The van der Waals surface area contributed by atoms with Crippen molar-refractivity contribution >= 4 is 13.7 Å².